The third kappa shape index (κ3) is 6.52. The molecule has 0 aliphatic carbocycles. The number of ketones is 1. The number of ether oxygens (including phenoxy) is 1. The predicted octanol–water partition coefficient (Wildman–Crippen LogP) is 4.06. The Hall–Kier alpha value is -3.02. The first-order chi connectivity index (χ1) is 13.6. The number of nitrogens with one attached hydrogen (secondary N) is 1. The van der Waals surface area contributed by atoms with Gasteiger partial charge in [-0.3, -0.25) is 14.4 Å². The van der Waals surface area contributed by atoms with Crippen LogP contribution in [0.15, 0.2) is 48.5 Å². The number of carbonyl (C=O) groups excluding carboxylic acids is 3. The molecule has 2 rings (SSSR count). The number of halogens is 1. The zero-order chi connectivity index (χ0) is 21.6. The molecule has 0 heterocycles. The maximum atomic E-state index is 12.9. The van der Waals surface area contributed by atoms with Crippen molar-refractivity contribution in [3.05, 3.63) is 71.0 Å². The maximum absolute atomic E-state index is 12.9. The van der Waals surface area contributed by atoms with Crippen molar-refractivity contribution in [2.24, 2.45) is 0 Å². The molecule has 0 radical (unpaired) electrons. The van der Waals surface area contributed by atoms with E-state index < -0.39 is 23.7 Å². The lowest BCUT2D eigenvalue weighted by Gasteiger charge is -2.19. The molecule has 29 heavy (non-hydrogen) atoms. The van der Waals surface area contributed by atoms with Gasteiger partial charge in [0.15, 0.2) is 6.10 Å². The van der Waals surface area contributed by atoms with Crippen molar-refractivity contribution in [3.63, 3.8) is 0 Å². The van der Waals surface area contributed by atoms with Crippen LogP contribution in [-0.4, -0.2) is 30.3 Å². The van der Waals surface area contributed by atoms with Crippen LogP contribution in [0.1, 0.15) is 60.4 Å². The van der Waals surface area contributed by atoms with Gasteiger partial charge in [0, 0.05) is 17.7 Å². The van der Waals surface area contributed by atoms with Crippen LogP contribution < -0.4 is 5.32 Å². The monoisotopic (exact) mass is 399 g/mol. The van der Waals surface area contributed by atoms with Crippen molar-refractivity contribution in [2.75, 3.05) is 6.54 Å². The topological polar surface area (TPSA) is 72.5 Å². The second-order valence-corrected chi connectivity index (χ2v) is 7.84. The highest BCUT2D eigenvalue weighted by Crippen LogP contribution is 2.22. The summed E-state index contributed by atoms with van der Waals surface area (Å²) in [4.78, 5) is 36.3. The Morgan fingerprint density at radius 1 is 0.966 bits per heavy atom. The van der Waals surface area contributed by atoms with Crippen LogP contribution in [0, 0.1) is 5.82 Å². The molecule has 0 saturated carbocycles. The van der Waals surface area contributed by atoms with Gasteiger partial charge in [-0.15, -0.1) is 0 Å². The van der Waals surface area contributed by atoms with E-state index in [-0.39, 0.29) is 29.9 Å². The summed E-state index contributed by atoms with van der Waals surface area (Å²) < 4.78 is 18.0. The fraction of sp³-hybridized carbons (Fsp3) is 0.348. The fourth-order valence-electron chi connectivity index (χ4n) is 2.66. The van der Waals surface area contributed by atoms with Crippen molar-refractivity contribution < 1.29 is 23.5 Å². The first-order valence-corrected chi connectivity index (χ1v) is 9.46. The highest BCUT2D eigenvalue weighted by atomic mass is 19.1. The average molecular weight is 399 g/mol. The number of amides is 1. The summed E-state index contributed by atoms with van der Waals surface area (Å²) in [5.74, 6) is -1.75. The van der Waals surface area contributed by atoms with Crippen molar-refractivity contribution in [1.29, 1.82) is 0 Å². The highest BCUT2D eigenvalue weighted by molar-refractivity contribution is 6.00. The van der Waals surface area contributed by atoms with Crippen LogP contribution >= 0.6 is 0 Å². The molecule has 2 aromatic carbocycles. The van der Waals surface area contributed by atoms with Gasteiger partial charge in [-0.2, -0.15) is 0 Å². The molecule has 1 amide bonds. The number of esters is 1. The first kappa shape index (κ1) is 22.3. The van der Waals surface area contributed by atoms with E-state index in [1.165, 1.54) is 31.2 Å². The molecule has 2 aromatic rings. The third-order valence-electron chi connectivity index (χ3n) is 4.43. The largest absolute Gasteiger partial charge is 0.454 e. The Kier molecular flexibility index (Phi) is 7.26. The van der Waals surface area contributed by atoms with Gasteiger partial charge in [0.2, 0.25) is 5.78 Å². The fourth-order valence-corrected chi connectivity index (χ4v) is 2.66. The maximum Gasteiger partial charge on any atom is 0.308 e. The lowest BCUT2D eigenvalue weighted by molar-refractivity contribution is -0.146. The van der Waals surface area contributed by atoms with E-state index >= 15 is 0 Å². The standard InChI is InChI=1S/C23H26FNO4/c1-15(21(27)16-7-11-19(24)12-8-16)29-20(26)13-14-25-22(28)17-5-9-18(10-6-17)23(2,3)4/h5-12,15H,13-14H2,1-4H3,(H,25,28)/t15-/m1/s1. The minimum absolute atomic E-state index is 0.000798. The van der Waals surface area contributed by atoms with Crippen molar-refractivity contribution in [1.82, 2.24) is 5.32 Å². The number of hydrogen-bond donors (Lipinski definition) is 1. The molecule has 1 atom stereocenters. The van der Waals surface area contributed by atoms with E-state index in [1.807, 2.05) is 12.1 Å². The number of benzene rings is 2. The molecule has 0 aliphatic heterocycles. The van der Waals surface area contributed by atoms with Crippen LogP contribution in [0.3, 0.4) is 0 Å². The summed E-state index contributed by atoms with van der Waals surface area (Å²) in [5, 5.41) is 2.66. The molecule has 154 valence electrons. The molecule has 0 spiro atoms. The Bertz CT molecular complexity index is 867. The molecule has 0 fully saturated rings. The van der Waals surface area contributed by atoms with Crippen molar-refractivity contribution >= 4 is 17.7 Å². The molecule has 0 saturated heterocycles. The molecule has 0 bridgehead atoms. The van der Waals surface area contributed by atoms with Gasteiger partial charge in [-0.25, -0.2) is 4.39 Å². The van der Waals surface area contributed by atoms with Crippen LogP contribution in [-0.2, 0) is 14.9 Å². The minimum Gasteiger partial charge on any atom is -0.454 e. The molecule has 0 unspecified atom stereocenters. The Morgan fingerprint density at radius 3 is 2.07 bits per heavy atom. The lowest BCUT2D eigenvalue weighted by Crippen LogP contribution is -2.29. The van der Waals surface area contributed by atoms with E-state index in [1.54, 1.807) is 12.1 Å². The number of carbonyl (C=O) groups is 3. The molecule has 0 aromatic heterocycles. The summed E-state index contributed by atoms with van der Waals surface area (Å²) in [6.07, 6.45) is -1.05. The zero-order valence-corrected chi connectivity index (χ0v) is 17.1. The molecule has 6 heteroatoms. The summed E-state index contributed by atoms with van der Waals surface area (Å²) in [6.45, 7) is 7.83. The van der Waals surface area contributed by atoms with Gasteiger partial charge in [0.05, 0.1) is 6.42 Å². The number of hydrogen-bond acceptors (Lipinski definition) is 4. The molecule has 0 aliphatic rings. The Morgan fingerprint density at radius 2 is 1.52 bits per heavy atom. The second kappa shape index (κ2) is 9.45. The average Bonchev–Trinajstić information content (AvgIpc) is 2.67. The lowest BCUT2D eigenvalue weighted by atomic mass is 9.87. The van der Waals surface area contributed by atoms with Crippen LogP contribution in [0.25, 0.3) is 0 Å². The molecular weight excluding hydrogens is 373 g/mol. The SMILES string of the molecule is C[C@@H](OC(=O)CCNC(=O)c1ccc(C(C)(C)C)cc1)C(=O)c1ccc(F)cc1. The van der Waals surface area contributed by atoms with E-state index in [0.717, 1.165) is 5.56 Å². The second-order valence-electron chi connectivity index (χ2n) is 7.84. The summed E-state index contributed by atoms with van der Waals surface area (Å²) in [5.41, 5.74) is 1.89. The minimum atomic E-state index is -0.992. The molecule has 5 nitrogen and oxygen atoms in total. The van der Waals surface area contributed by atoms with Crippen LogP contribution in [0.4, 0.5) is 4.39 Å². The number of rotatable bonds is 7. The molecular formula is C23H26FNO4. The highest BCUT2D eigenvalue weighted by Gasteiger charge is 2.20. The van der Waals surface area contributed by atoms with Gasteiger partial charge in [0.25, 0.3) is 5.91 Å². The quantitative estimate of drug-likeness (QED) is 0.563. The van der Waals surface area contributed by atoms with Crippen molar-refractivity contribution in [3.8, 4) is 0 Å². The Balaban J connectivity index is 1.79. The van der Waals surface area contributed by atoms with E-state index in [2.05, 4.69) is 26.1 Å². The van der Waals surface area contributed by atoms with E-state index in [9.17, 15) is 18.8 Å². The summed E-state index contributed by atoms with van der Waals surface area (Å²) >= 11 is 0. The molecule has 1 N–H and O–H groups in total. The van der Waals surface area contributed by atoms with Crippen LogP contribution in [0.5, 0.6) is 0 Å². The van der Waals surface area contributed by atoms with Gasteiger partial charge < -0.3 is 10.1 Å². The first-order valence-electron chi connectivity index (χ1n) is 9.46. The predicted molar refractivity (Wildman–Crippen MR) is 108 cm³/mol. The van der Waals surface area contributed by atoms with E-state index in [4.69, 9.17) is 4.74 Å². The number of Topliss-reactive ketones (excluding diaryl/α,β-unsaturated/α-hetero) is 1. The normalized spacial score (nSPS) is 12.2. The van der Waals surface area contributed by atoms with Gasteiger partial charge in [-0.1, -0.05) is 32.9 Å². The summed E-state index contributed by atoms with van der Waals surface area (Å²) in [6, 6.07) is 12.3. The van der Waals surface area contributed by atoms with Crippen molar-refractivity contribution in [2.45, 2.75) is 45.6 Å². The zero-order valence-electron chi connectivity index (χ0n) is 17.1. The van der Waals surface area contributed by atoms with Gasteiger partial charge >= 0.3 is 5.97 Å². The Labute approximate surface area is 170 Å². The van der Waals surface area contributed by atoms with Crippen LogP contribution in [0.2, 0.25) is 0 Å². The summed E-state index contributed by atoms with van der Waals surface area (Å²) in [7, 11) is 0. The third-order valence-corrected chi connectivity index (χ3v) is 4.43. The smallest absolute Gasteiger partial charge is 0.308 e. The van der Waals surface area contributed by atoms with Gasteiger partial charge in [0.1, 0.15) is 5.82 Å². The van der Waals surface area contributed by atoms with E-state index in [0.29, 0.717) is 5.56 Å². The van der Waals surface area contributed by atoms with Gasteiger partial charge in [-0.05, 0) is 54.3 Å².